The fraction of sp³-hybridized carbons (Fsp3) is 0.133. The van der Waals surface area contributed by atoms with Gasteiger partial charge in [0.2, 0.25) is 0 Å². The Labute approximate surface area is 111 Å². The molecule has 98 valence electrons. The molecule has 0 fully saturated rings. The topological polar surface area (TPSA) is 61.5 Å². The Balaban J connectivity index is 2.17. The van der Waals surface area contributed by atoms with Crippen LogP contribution < -0.4 is 10.5 Å². The van der Waals surface area contributed by atoms with Gasteiger partial charge in [0.1, 0.15) is 11.5 Å². The second kappa shape index (κ2) is 5.91. The van der Waals surface area contributed by atoms with Crippen molar-refractivity contribution in [2.24, 2.45) is 0 Å². The summed E-state index contributed by atoms with van der Waals surface area (Å²) in [6.45, 7) is 2.12. The molecule has 0 aliphatic carbocycles. The molecule has 0 bridgehead atoms. The number of ether oxygens (including phenoxy) is 2. The number of esters is 1. The van der Waals surface area contributed by atoms with Crippen LogP contribution in [-0.4, -0.2) is 12.6 Å². The fourth-order valence-electron chi connectivity index (χ4n) is 1.62. The molecule has 0 atom stereocenters. The maximum absolute atomic E-state index is 11.6. The molecule has 4 nitrogen and oxygen atoms in total. The smallest absolute Gasteiger partial charge is 0.338 e. The first kappa shape index (κ1) is 13.0. The van der Waals surface area contributed by atoms with E-state index in [9.17, 15) is 4.79 Å². The van der Waals surface area contributed by atoms with Gasteiger partial charge in [-0.2, -0.15) is 0 Å². The van der Waals surface area contributed by atoms with Gasteiger partial charge in [0.05, 0.1) is 12.2 Å². The number of rotatable bonds is 4. The van der Waals surface area contributed by atoms with Crippen LogP contribution in [-0.2, 0) is 4.74 Å². The largest absolute Gasteiger partial charge is 0.462 e. The Morgan fingerprint density at radius 1 is 1.11 bits per heavy atom. The molecule has 0 aromatic heterocycles. The highest BCUT2D eigenvalue weighted by Crippen LogP contribution is 2.24. The lowest BCUT2D eigenvalue weighted by Gasteiger charge is -2.08. The number of carbonyl (C=O) groups excluding carboxylic acids is 1. The van der Waals surface area contributed by atoms with Crippen molar-refractivity contribution < 1.29 is 14.3 Å². The molecule has 0 unspecified atom stereocenters. The third-order valence-corrected chi connectivity index (χ3v) is 2.44. The molecule has 2 aromatic carbocycles. The summed E-state index contributed by atoms with van der Waals surface area (Å²) in [4.78, 5) is 11.6. The third kappa shape index (κ3) is 3.48. The van der Waals surface area contributed by atoms with E-state index in [2.05, 4.69) is 0 Å². The predicted octanol–water partition coefficient (Wildman–Crippen LogP) is 3.24. The second-order valence-corrected chi connectivity index (χ2v) is 3.92. The van der Waals surface area contributed by atoms with Crippen LogP contribution >= 0.6 is 0 Å². The maximum Gasteiger partial charge on any atom is 0.338 e. The summed E-state index contributed by atoms with van der Waals surface area (Å²) in [5.41, 5.74) is 6.76. The number of nitrogen functional groups attached to an aromatic ring is 1. The quantitative estimate of drug-likeness (QED) is 0.674. The predicted molar refractivity (Wildman–Crippen MR) is 73.3 cm³/mol. The van der Waals surface area contributed by atoms with Crippen LogP contribution in [0.3, 0.4) is 0 Å². The number of hydrogen-bond donors (Lipinski definition) is 1. The normalized spacial score (nSPS) is 9.95. The Morgan fingerprint density at radius 3 is 2.47 bits per heavy atom. The number of nitrogens with two attached hydrogens (primary N) is 1. The molecule has 0 amide bonds. The van der Waals surface area contributed by atoms with E-state index in [1.54, 1.807) is 55.5 Å². The van der Waals surface area contributed by atoms with Gasteiger partial charge in [0, 0.05) is 11.8 Å². The zero-order valence-corrected chi connectivity index (χ0v) is 10.6. The summed E-state index contributed by atoms with van der Waals surface area (Å²) in [5.74, 6) is 0.831. The number of benzene rings is 2. The molecule has 0 heterocycles. The summed E-state index contributed by atoms with van der Waals surface area (Å²) in [7, 11) is 0. The lowest BCUT2D eigenvalue weighted by molar-refractivity contribution is 0.0526. The van der Waals surface area contributed by atoms with E-state index in [0.29, 0.717) is 29.4 Å². The fourth-order valence-corrected chi connectivity index (χ4v) is 1.62. The molecule has 0 aliphatic heterocycles. The minimum Gasteiger partial charge on any atom is -0.462 e. The van der Waals surface area contributed by atoms with E-state index in [1.807, 2.05) is 0 Å². The van der Waals surface area contributed by atoms with Crippen LogP contribution in [0.4, 0.5) is 5.69 Å². The molecular weight excluding hydrogens is 242 g/mol. The van der Waals surface area contributed by atoms with Gasteiger partial charge in [-0.25, -0.2) is 4.79 Å². The van der Waals surface area contributed by atoms with Crippen molar-refractivity contribution >= 4 is 11.7 Å². The first-order valence-electron chi connectivity index (χ1n) is 5.99. The Kier molecular flexibility index (Phi) is 4.03. The zero-order chi connectivity index (χ0) is 13.7. The molecule has 0 saturated heterocycles. The summed E-state index contributed by atoms with van der Waals surface area (Å²) in [5, 5.41) is 0. The maximum atomic E-state index is 11.6. The first-order valence-corrected chi connectivity index (χ1v) is 5.99. The lowest BCUT2D eigenvalue weighted by Crippen LogP contribution is -2.04. The monoisotopic (exact) mass is 257 g/mol. The van der Waals surface area contributed by atoms with Crippen molar-refractivity contribution in [3.63, 3.8) is 0 Å². The van der Waals surface area contributed by atoms with Gasteiger partial charge < -0.3 is 15.2 Å². The highest BCUT2D eigenvalue weighted by molar-refractivity contribution is 5.89. The molecule has 0 spiro atoms. The van der Waals surface area contributed by atoms with Crippen LogP contribution in [0.15, 0.2) is 48.5 Å². The minimum atomic E-state index is -0.361. The molecule has 2 N–H and O–H groups in total. The molecule has 2 aromatic rings. The number of hydrogen-bond acceptors (Lipinski definition) is 4. The van der Waals surface area contributed by atoms with Crippen LogP contribution in [0.1, 0.15) is 17.3 Å². The van der Waals surface area contributed by atoms with Crippen molar-refractivity contribution in [1.82, 2.24) is 0 Å². The average Bonchev–Trinajstić information content (AvgIpc) is 2.39. The Hall–Kier alpha value is -2.49. The SMILES string of the molecule is CCOC(=O)c1cccc(Oc2cccc(N)c2)c1. The van der Waals surface area contributed by atoms with Crippen LogP contribution in [0.5, 0.6) is 11.5 Å². The molecule has 0 saturated carbocycles. The van der Waals surface area contributed by atoms with E-state index in [4.69, 9.17) is 15.2 Å². The summed E-state index contributed by atoms with van der Waals surface area (Å²) >= 11 is 0. The number of carbonyl (C=O) groups is 1. The van der Waals surface area contributed by atoms with E-state index in [-0.39, 0.29) is 5.97 Å². The summed E-state index contributed by atoms with van der Waals surface area (Å²) in [6.07, 6.45) is 0. The van der Waals surface area contributed by atoms with Crippen LogP contribution in [0.25, 0.3) is 0 Å². The van der Waals surface area contributed by atoms with Gasteiger partial charge in [-0.1, -0.05) is 12.1 Å². The highest BCUT2D eigenvalue weighted by atomic mass is 16.5. The van der Waals surface area contributed by atoms with Gasteiger partial charge in [0.15, 0.2) is 0 Å². The molecule has 0 radical (unpaired) electrons. The van der Waals surface area contributed by atoms with Crippen molar-refractivity contribution in [2.45, 2.75) is 6.92 Å². The van der Waals surface area contributed by atoms with Gasteiger partial charge >= 0.3 is 5.97 Å². The Morgan fingerprint density at radius 2 is 1.79 bits per heavy atom. The van der Waals surface area contributed by atoms with Gasteiger partial charge in [-0.05, 0) is 37.3 Å². The first-order chi connectivity index (χ1) is 9.19. The van der Waals surface area contributed by atoms with E-state index in [1.165, 1.54) is 0 Å². The molecule has 4 heteroatoms. The highest BCUT2D eigenvalue weighted by Gasteiger charge is 2.07. The summed E-state index contributed by atoms with van der Waals surface area (Å²) in [6, 6.07) is 13.9. The molecule has 0 aliphatic rings. The van der Waals surface area contributed by atoms with Crippen molar-refractivity contribution in [3.8, 4) is 11.5 Å². The van der Waals surface area contributed by atoms with Crippen LogP contribution in [0.2, 0.25) is 0 Å². The third-order valence-electron chi connectivity index (χ3n) is 2.44. The van der Waals surface area contributed by atoms with Crippen molar-refractivity contribution in [2.75, 3.05) is 12.3 Å². The van der Waals surface area contributed by atoms with E-state index >= 15 is 0 Å². The van der Waals surface area contributed by atoms with Crippen LogP contribution in [0, 0.1) is 0 Å². The molecular formula is C15H15NO3. The number of anilines is 1. The van der Waals surface area contributed by atoms with Crippen molar-refractivity contribution in [3.05, 3.63) is 54.1 Å². The van der Waals surface area contributed by atoms with Gasteiger partial charge in [-0.15, -0.1) is 0 Å². The molecule has 19 heavy (non-hydrogen) atoms. The Bertz CT molecular complexity index is 581. The molecule has 2 rings (SSSR count). The lowest BCUT2D eigenvalue weighted by atomic mass is 10.2. The van der Waals surface area contributed by atoms with Crippen molar-refractivity contribution in [1.29, 1.82) is 0 Å². The van der Waals surface area contributed by atoms with E-state index < -0.39 is 0 Å². The van der Waals surface area contributed by atoms with Gasteiger partial charge in [-0.3, -0.25) is 0 Å². The minimum absolute atomic E-state index is 0.346. The summed E-state index contributed by atoms with van der Waals surface area (Å²) < 4.78 is 10.6. The van der Waals surface area contributed by atoms with E-state index in [0.717, 1.165) is 0 Å². The zero-order valence-electron chi connectivity index (χ0n) is 10.6. The standard InChI is InChI=1S/C15H15NO3/c1-2-18-15(17)11-5-3-7-13(9-11)19-14-8-4-6-12(16)10-14/h3-10H,2,16H2,1H3. The van der Waals surface area contributed by atoms with Gasteiger partial charge in [0.25, 0.3) is 0 Å². The second-order valence-electron chi connectivity index (χ2n) is 3.92. The average molecular weight is 257 g/mol.